The number of piperazine rings is 1. The second-order valence-electron chi connectivity index (χ2n) is 9.22. The molecule has 6 nitrogen and oxygen atoms in total. The molecular formula is C26H32N4O2. The first-order chi connectivity index (χ1) is 15.6. The minimum Gasteiger partial charge on any atom is -0.487 e. The molecule has 0 unspecified atom stereocenters. The molecule has 2 aromatic carbocycles. The SMILES string of the molecule is CN(C)CCN1CCN(CCc2ccc3c(c2)CO/C3=C2/C(=O)Nc3ccccc32)CC1. The second kappa shape index (κ2) is 9.06. The Bertz CT molecular complexity index is 1040. The van der Waals surface area contributed by atoms with Gasteiger partial charge in [-0.3, -0.25) is 9.69 Å². The molecule has 1 saturated heterocycles. The molecule has 32 heavy (non-hydrogen) atoms. The molecule has 1 N–H and O–H groups in total. The van der Waals surface area contributed by atoms with Crippen LogP contribution in [-0.4, -0.2) is 80.5 Å². The Morgan fingerprint density at radius 1 is 0.969 bits per heavy atom. The molecule has 168 valence electrons. The van der Waals surface area contributed by atoms with Gasteiger partial charge in [-0.15, -0.1) is 0 Å². The van der Waals surface area contributed by atoms with Gasteiger partial charge in [0.15, 0.2) is 0 Å². The Hall–Kier alpha value is -2.67. The maximum atomic E-state index is 12.6. The number of hydrogen-bond acceptors (Lipinski definition) is 5. The van der Waals surface area contributed by atoms with Crippen LogP contribution in [0.3, 0.4) is 0 Å². The number of rotatable bonds is 6. The fraction of sp³-hybridized carbons (Fsp3) is 0.423. The van der Waals surface area contributed by atoms with Crippen molar-refractivity contribution in [2.45, 2.75) is 13.0 Å². The van der Waals surface area contributed by atoms with Crippen molar-refractivity contribution in [1.29, 1.82) is 0 Å². The van der Waals surface area contributed by atoms with Gasteiger partial charge in [0.25, 0.3) is 5.91 Å². The van der Waals surface area contributed by atoms with Gasteiger partial charge in [-0.1, -0.05) is 36.4 Å². The molecule has 5 rings (SSSR count). The van der Waals surface area contributed by atoms with Gasteiger partial charge < -0.3 is 19.9 Å². The number of benzene rings is 2. The zero-order chi connectivity index (χ0) is 22.1. The van der Waals surface area contributed by atoms with Gasteiger partial charge >= 0.3 is 0 Å². The van der Waals surface area contributed by atoms with Gasteiger partial charge in [-0.05, 0) is 32.1 Å². The lowest BCUT2D eigenvalue weighted by molar-refractivity contribution is -0.110. The molecule has 0 spiro atoms. The lowest BCUT2D eigenvalue weighted by Gasteiger charge is -2.35. The monoisotopic (exact) mass is 432 g/mol. The number of anilines is 1. The van der Waals surface area contributed by atoms with Crippen LogP contribution < -0.4 is 5.32 Å². The molecule has 0 atom stereocenters. The number of amides is 1. The van der Waals surface area contributed by atoms with Crippen LogP contribution in [0, 0.1) is 0 Å². The third-order valence-corrected chi connectivity index (χ3v) is 6.73. The van der Waals surface area contributed by atoms with Crippen LogP contribution in [0.1, 0.15) is 22.3 Å². The summed E-state index contributed by atoms with van der Waals surface area (Å²) in [5.74, 6) is 0.630. The van der Waals surface area contributed by atoms with E-state index >= 15 is 0 Å². The summed E-state index contributed by atoms with van der Waals surface area (Å²) in [6.07, 6.45) is 1.04. The highest BCUT2D eigenvalue weighted by atomic mass is 16.5. The van der Waals surface area contributed by atoms with Crippen molar-refractivity contribution in [3.8, 4) is 0 Å². The second-order valence-corrected chi connectivity index (χ2v) is 9.22. The third-order valence-electron chi connectivity index (χ3n) is 6.73. The fourth-order valence-corrected chi connectivity index (χ4v) is 4.79. The van der Waals surface area contributed by atoms with Crippen molar-refractivity contribution in [1.82, 2.24) is 14.7 Å². The van der Waals surface area contributed by atoms with Crippen LogP contribution >= 0.6 is 0 Å². The standard InChI is InChI=1S/C26H32N4O2/c1-28(2)11-12-30-15-13-29(14-16-30)10-9-19-7-8-21-20(17-19)18-32-25(21)24-22-5-3-4-6-23(22)27-26(24)31/h3-8,17H,9-16,18H2,1-2H3,(H,27,31)/b25-24+. The normalized spacial score (nSPS) is 20.9. The lowest BCUT2D eigenvalue weighted by atomic mass is 9.98. The minimum absolute atomic E-state index is 0.0807. The van der Waals surface area contributed by atoms with Crippen LogP contribution in [0.5, 0.6) is 0 Å². The smallest absolute Gasteiger partial charge is 0.260 e. The number of carbonyl (C=O) groups excluding carboxylic acids is 1. The highest BCUT2D eigenvalue weighted by Crippen LogP contribution is 2.41. The van der Waals surface area contributed by atoms with E-state index in [4.69, 9.17) is 4.74 Å². The number of carbonyl (C=O) groups is 1. The molecular weight excluding hydrogens is 400 g/mol. The fourth-order valence-electron chi connectivity index (χ4n) is 4.79. The zero-order valence-electron chi connectivity index (χ0n) is 19.1. The molecule has 3 heterocycles. The van der Waals surface area contributed by atoms with E-state index in [1.807, 2.05) is 24.3 Å². The molecule has 3 aliphatic heterocycles. The lowest BCUT2D eigenvalue weighted by Crippen LogP contribution is -2.48. The first-order valence-electron chi connectivity index (χ1n) is 11.6. The maximum Gasteiger partial charge on any atom is 0.260 e. The predicted molar refractivity (Wildman–Crippen MR) is 128 cm³/mol. The van der Waals surface area contributed by atoms with Gasteiger partial charge in [-0.2, -0.15) is 0 Å². The van der Waals surface area contributed by atoms with Gasteiger partial charge in [0.1, 0.15) is 12.4 Å². The van der Waals surface area contributed by atoms with E-state index in [0.29, 0.717) is 17.9 Å². The molecule has 1 amide bonds. The molecule has 0 bridgehead atoms. The van der Waals surface area contributed by atoms with E-state index in [9.17, 15) is 4.79 Å². The Balaban J connectivity index is 1.22. The highest BCUT2D eigenvalue weighted by Gasteiger charge is 2.32. The number of fused-ring (bicyclic) bond motifs is 2. The summed E-state index contributed by atoms with van der Waals surface area (Å²) in [5.41, 5.74) is 5.99. The molecule has 0 saturated carbocycles. The topological polar surface area (TPSA) is 48.1 Å². The highest BCUT2D eigenvalue weighted by molar-refractivity contribution is 6.36. The van der Waals surface area contributed by atoms with Crippen LogP contribution in [0.4, 0.5) is 5.69 Å². The first-order valence-corrected chi connectivity index (χ1v) is 11.6. The number of ether oxygens (including phenoxy) is 1. The van der Waals surface area contributed by atoms with Gasteiger partial charge in [0, 0.05) is 68.2 Å². The van der Waals surface area contributed by atoms with E-state index < -0.39 is 0 Å². The number of likely N-dealkylation sites (N-methyl/N-ethyl adjacent to an activating group) is 1. The van der Waals surface area contributed by atoms with E-state index in [-0.39, 0.29) is 5.91 Å². The largest absolute Gasteiger partial charge is 0.487 e. The number of para-hydroxylation sites is 1. The van der Waals surface area contributed by atoms with Crippen molar-refractivity contribution < 1.29 is 9.53 Å². The number of nitrogens with one attached hydrogen (secondary N) is 1. The molecule has 2 aromatic rings. The number of hydrogen-bond donors (Lipinski definition) is 1. The van der Waals surface area contributed by atoms with Crippen LogP contribution in [0.25, 0.3) is 11.3 Å². The van der Waals surface area contributed by atoms with Crippen molar-refractivity contribution in [2.75, 3.05) is 65.2 Å². The third kappa shape index (κ3) is 4.31. The average molecular weight is 433 g/mol. The van der Waals surface area contributed by atoms with Gasteiger partial charge in [-0.25, -0.2) is 0 Å². The summed E-state index contributed by atoms with van der Waals surface area (Å²) in [7, 11) is 4.28. The minimum atomic E-state index is -0.0807. The Morgan fingerprint density at radius 2 is 1.72 bits per heavy atom. The van der Waals surface area contributed by atoms with Gasteiger partial charge in [0.05, 0.1) is 5.57 Å². The quantitative estimate of drug-likeness (QED) is 0.712. The molecule has 3 aliphatic rings. The molecule has 0 aromatic heterocycles. The number of nitrogens with zero attached hydrogens (tertiary/aromatic N) is 3. The summed E-state index contributed by atoms with van der Waals surface area (Å²) in [6, 6.07) is 14.4. The molecule has 1 fully saturated rings. The maximum absolute atomic E-state index is 12.6. The summed E-state index contributed by atoms with van der Waals surface area (Å²) in [5, 5.41) is 2.95. The van der Waals surface area contributed by atoms with Crippen molar-refractivity contribution in [3.05, 3.63) is 64.7 Å². The Kier molecular flexibility index (Phi) is 6.00. The van der Waals surface area contributed by atoms with Crippen molar-refractivity contribution >= 4 is 22.9 Å². The summed E-state index contributed by atoms with van der Waals surface area (Å²) >= 11 is 0. The summed E-state index contributed by atoms with van der Waals surface area (Å²) in [4.78, 5) is 20.0. The molecule has 0 radical (unpaired) electrons. The van der Waals surface area contributed by atoms with Crippen LogP contribution in [0.2, 0.25) is 0 Å². The van der Waals surface area contributed by atoms with Crippen molar-refractivity contribution in [2.24, 2.45) is 0 Å². The van der Waals surface area contributed by atoms with Crippen LogP contribution in [-0.2, 0) is 22.6 Å². The van der Waals surface area contributed by atoms with E-state index in [1.165, 1.54) is 11.1 Å². The Morgan fingerprint density at radius 3 is 2.50 bits per heavy atom. The molecule has 6 heteroatoms. The van der Waals surface area contributed by atoms with E-state index in [2.05, 4.69) is 52.3 Å². The zero-order valence-corrected chi connectivity index (χ0v) is 19.1. The molecule has 0 aliphatic carbocycles. The van der Waals surface area contributed by atoms with Gasteiger partial charge in [0.2, 0.25) is 0 Å². The van der Waals surface area contributed by atoms with Crippen molar-refractivity contribution in [3.63, 3.8) is 0 Å². The van der Waals surface area contributed by atoms with E-state index in [0.717, 1.165) is 69.0 Å². The van der Waals surface area contributed by atoms with E-state index in [1.54, 1.807) is 0 Å². The Labute approximate surface area is 190 Å². The van der Waals surface area contributed by atoms with Crippen LogP contribution in [0.15, 0.2) is 42.5 Å². The average Bonchev–Trinajstić information content (AvgIpc) is 3.36. The predicted octanol–water partition coefficient (Wildman–Crippen LogP) is 2.76. The first kappa shape index (κ1) is 21.2. The summed E-state index contributed by atoms with van der Waals surface area (Å²) < 4.78 is 6.04. The summed E-state index contributed by atoms with van der Waals surface area (Å²) in [6.45, 7) is 8.51.